The van der Waals surface area contributed by atoms with Crippen molar-refractivity contribution < 1.29 is 4.74 Å². The maximum Gasteiger partial charge on any atom is 0.137 e. The summed E-state index contributed by atoms with van der Waals surface area (Å²) in [6.07, 6.45) is 2.83. The molecule has 0 radical (unpaired) electrons. The number of ether oxygens (including phenoxy) is 1. The summed E-state index contributed by atoms with van der Waals surface area (Å²) in [5.41, 5.74) is 8.75. The first-order valence-electron chi connectivity index (χ1n) is 5.37. The molecule has 0 aliphatic carbocycles. The summed E-state index contributed by atoms with van der Waals surface area (Å²) in [5.74, 6) is 1.87. The molecule has 0 saturated carbocycles. The zero-order chi connectivity index (χ0) is 11.0. The molecule has 0 fully saturated rings. The van der Waals surface area contributed by atoms with Crippen LogP contribution in [-0.4, -0.2) is 16.6 Å². The minimum atomic E-state index is 0.463. The number of hydrogen-bond donors (Lipinski definition) is 2. The molecule has 4 nitrogen and oxygen atoms in total. The summed E-state index contributed by atoms with van der Waals surface area (Å²) in [6.45, 7) is 1.25. The van der Waals surface area contributed by atoms with Gasteiger partial charge in [-0.3, -0.25) is 0 Å². The van der Waals surface area contributed by atoms with E-state index in [1.807, 2.05) is 18.3 Å². The summed E-state index contributed by atoms with van der Waals surface area (Å²) < 4.78 is 5.47. The molecule has 0 amide bonds. The highest BCUT2D eigenvalue weighted by Gasteiger charge is 2.13. The van der Waals surface area contributed by atoms with Crippen LogP contribution in [0.4, 0.5) is 0 Å². The Kier molecular flexibility index (Phi) is 2.15. The van der Waals surface area contributed by atoms with E-state index >= 15 is 0 Å². The third-order valence-electron chi connectivity index (χ3n) is 2.80. The van der Waals surface area contributed by atoms with Crippen molar-refractivity contribution in [2.45, 2.75) is 13.0 Å². The molecule has 0 unspecified atom stereocenters. The highest BCUT2D eigenvalue weighted by atomic mass is 16.5. The first-order valence-corrected chi connectivity index (χ1v) is 5.37. The van der Waals surface area contributed by atoms with E-state index in [1.165, 1.54) is 5.56 Å². The second-order valence-corrected chi connectivity index (χ2v) is 3.87. The summed E-state index contributed by atoms with van der Waals surface area (Å²) in [6, 6.07) is 6.15. The normalized spacial score (nSPS) is 13.6. The molecule has 3 N–H and O–H groups in total. The van der Waals surface area contributed by atoms with Crippen LogP contribution in [0.5, 0.6) is 5.75 Å². The molecule has 4 heteroatoms. The largest absolute Gasteiger partial charge is 0.493 e. The van der Waals surface area contributed by atoms with Gasteiger partial charge in [0.25, 0.3) is 0 Å². The van der Waals surface area contributed by atoms with Gasteiger partial charge in [-0.25, -0.2) is 4.98 Å². The second-order valence-electron chi connectivity index (χ2n) is 3.87. The number of nitrogens with one attached hydrogen (secondary N) is 1. The van der Waals surface area contributed by atoms with Crippen LogP contribution in [0.3, 0.4) is 0 Å². The maximum absolute atomic E-state index is 5.53. The summed E-state index contributed by atoms with van der Waals surface area (Å²) in [4.78, 5) is 7.54. The monoisotopic (exact) mass is 215 g/mol. The van der Waals surface area contributed by atoms with E-state index in [2.05, 4.69) is 16.0 Å². The molecule has 0 atom stereocenters. The van der Waals surface area contributed by atoms with E-state index in [0.29, 0.717) is 6.54 Å². The number of nitrogens with two attached hydrogens (primary N) is 1. The van der Waals surface area contributed by atoms with Crippen molar-refractivity contribution in [1.82, 2.24) is 9.97 Å². The minimum Gasteiger partial charge on any atom is -0.493 e. The fraction of sp³-hybridized carbons (Fsp3) is 0.250. The molecule has 2 heterocycles. The Hall–Kier alpha value is -1.81. The highest BCUT2D eigenvalue weighted by Crippen LogP contribution is 2.29. The Bertz CT molecular complexity index is 519. The van der Waals surface area contributed by atoms with Gasteiger partial charge in [0.1, 0.15) is 11.6 Å². The van der Waals surface area contributed by atoms with Crippen molar-refractivity contribution in [3.8, 4) is 17.1 Å². The summed E-state index contributed by atoms with van der Waals surface area (Å²) in [7, 11) is 0. The third kappa shape index (κ3) is 1.47. The number of rotatable bonds is 2. The predicted octanol–water partition coefficient (Wildman–Crippen LogP) is 1.47. The van der Waals surface area contributed by atoms with E-state index in [0.717, 1.165) is 35.9 Å². The molecule has 1 aliphatic rings. The molecule has 82 valence electrons. The quantitative estimate of drug-likeness (QED) is 0.797. The molecule has 1 aliphatic heterocycles. The zero-order valence-electron chi connectivity index (χ0n) is 8.86. The van der Waals surface area contributed by atoms with E-state index in [4.69, 9.17) is 10.5 Å². The van der Waals surface area contributed by atoms with Gasteiger partial charge in [-0.2, -0.15) is 0 Å². The van der Waals surface area contributed by atoms with Crippen LogP contribution < -0.4 is 10.5 Å². The molecule has 3 rings (SSSR count). The van der Waals surface area contributed by atoms with Gasteiger partial charge in [-0.05, 0) is 23.8 Å². The Balaban J connectivity index is 2.00. The number of fused-ring (bicyclic) bond motifs is 1. The van der Waals surface area contributed by atoms with Gasteiger partial charge < -0.3 is 15.5 Å². The van der Waals surface area contributed by atoms with Gasteiger partial charge in [0.15, 0.2) is 0 Å². The van der Waals surface area contributed by atoms with Crippen molar-refractivity contribution in [1.29, 1.82) is 0 Å². The van der Waals surface area contributed by atoms with E-state index in [9.17, 15) is 0 Å². The summed E-state index contributed by atoms with van der Waals surface area (Å²) >= 11 is 0. The minimum absolute atomic E-state index is 0.463. The van der Waals surface area contributed by atoms with Crippen LogP contribution in [0.25, 0.3) is 11.4 Å². The van der Waals surface area contributed by atoms with Crippen LogP contribution >= 0.6 is 0 Å². The van der Waals surface area contributed by atoms with Crippen LogP contribution in [-0.2, 0) is 13.0 Å². The highest BCUT2D eigenvalue weighted by molar-refractivity contribution is 5.59. The molecule has 0 saturated heterocycles. The van der Waals surface area contributed by atoms with Gasteiger partial charge in [0.2, 0.25) is 0 Å². The Morgan fingerprint density at radius 1 is 1.44 bits per heavy atom. The van der Waals surface area contributed by atoms with Gasteiger partial charge in [0.05, 0.1) is 12.3 Å². The molecular formula is C12H13N3O. The fourth-order valence-corrected chi connectivity index (χ4v) is 1.95. The summed E-state index contributed by atoms with van der Waals surface area (Å²) in [5, 5.41) is 0. The van der Waals surface area contributed by atoms with Gasteiger partial charge >= 0.3 is 0 Å². The lowest BCUT2D eigenvalue weighted by atomic mass is 10.1. The molecule has 1 aromatic carbocycles. The van der Waals surface area contributed by atoms with Crippen LogP contribution in [0.1, 0.15) is 11.3 Å². The number of aromatic amines is 1. The molecule has 0 spiro atoms. The average molecular weight is 215 g/mol. The van der Waals surface area contributed by atoms with Crippen LogP contribution in [0, 0.1) is 0 Å². The SMILES string of the molecule is NCc1c[nH]c(-c2ccc3c(c2)CCO3)n1. The second kappa shape index (κ2) is 3.64. The topological polar surface area (TPSA) is 63.9 Å². The fourth-order valence-electron chi connectivity index (χ4n) is 1.95. The van der Waals surface area contributed by atoms with E-state index in [-0.39, 0.29) is 0 Å². The van der Waals surface area contributed by atoms with Gasteiger partial charge in [-0.15, -0.1) is 0 Å². The van der Waals surface area contributed by atoms with E-state index in [1.54, 1.807) is 0 Å². The number of benzene rings is 1. The molecule has 2 aromatic rings. The Morgan fingerprint density at radius 3 is 3.19 bits per heavy atom. The van der Waals surface area contributed by atoms with Gasteiger partial charge in [0, 0.05) is 24.7 Å². The van der Waals surface area contributed by atoms with Crippen molar-refractivity contribution in [2.75, 3.05) is 6.61 Å². The lowest BCUT2D eigenvalue weighted by molar-refractivity contribution is 0.357. The Morgan fingerprint density at radius 2 is 2.38 bits per heavy atom. The Labute approximate surface area is 93.5 Å². The number of hydrogen-bond acceptors (Lipinski definition) is 3. The first kappa shape index (κ1) is 9.42. The van der Waals surface area contributed by atoms with Crippen molar-refractivity contribution >= 4 is 0 Å². The number of nitrogens with zero attached hydrogens (tertiary/aromatic N) is 1. The zero-order valence-corrected chi connectivity index (χ0v) is 8.86. The van der Waals surface area contributed by atoms with Gasteiger partial charge in [-0.1, -0.05) is 0 Å². The first-order chi connectivity index (χ1) is 7.86. The number of H-pyrrole nitrogens is 1. The number of aromatic nitrogens is 2. The smallest absolute Gasteiger partial charge is 0.137 e. The standard InChI is InChI=1S/C12H13N3O/c13-6-10-7-14-12(15-10)9-1-2-11-8(5-9)3-4-16-11/h1-2,5,7H,3-4,6,13H2,(H,14,15). The van der Waals surface area contributed by atoms with E-state index < -0.39 is 0 Å². The average Bonchev–Trinajstić information content (AvgIpc) is 2.96. The lowest BCUT2D eigenvalue weighted by Gasteiger charge is -2.01. The number of imidazole rings is 1. The van der Waals surface area contributed by atoms with Crippen LogP contribution in [0.2, 0.25) is 0 Å². The third-order valence-corrected chi connectivity index (χ3v) is 2.80. The molecular weight excluding hydrogens is 202 g/mol. The molecule has 0 bridgehead atoms. The van der Waals surface area contributed by atoms with Crippen LogP contribution in [0.15, 0.2) is 24.4 Å². The lowest BCUT2D eigenvalue weighted by Crippen LogP contribution is -1.95. The maximum atomic E-state index is 5.53. The predicted molar refractivity (Wildman–Crippen MR) is 61.1 cm³/mol. The van der Waals surface area contributed by atoms with Crippen molar-refractivity contribution in [2.24, 2.45) is 5.73 Å². The molecule has 16 heavy (non-hydrogen) atoms. The van der Waals surface area contributed by atoms with Crippen molar-refractivity contribution in [3.05, 3.63) is 35.7 Å². The molecule has 1 aromatic heterocycles. The van der Waals surface area contributed by atoms with Crippen molar-refractivity contribution in [3.63, 3.8) is 0 Å².